The van der Waals surface area contributed by atoms with Crippen molar-refractivity contribution in [2.75, 3.05) is 6.61 Å². The van der Waals surface area contributed by atoms with E-state index in [1.807, 2.05) is 30.3 Å². The largest absolute Gasteiger partial charge is 0.489 e. The van der Waals surface area contributed by atoms with Crippen LogP contribution < -0.4 is 4.74 Å². The molecule has 1 heterocycles. The second-order valence-electron chi connectivity index (χ2n) is 2.25. The van der Waals surface area contributed by atoms with Gasteiger partial charge >= 0.3 is 0 Å². The molecule has 0 amide bonds. The predicted octanol–water partition coefficient (Wildman–Crippen LogP) is 2.09. The monoisotopic (exact) mass is 254 g/mol. The third kappa shape index (κ3) is 2.44. The summed E-state index contributed by atoms with van der Waals surface area (Å²) in [6, 6.07) is 8.03. The summed E-state index contributed by atoms with van der Waals surface area (Å²) in [6.07, 6.45) is 4.10. The maximum absolute atomic E-state index is 5.34. The molecule has 0 N–H and O–H groups in total. The standard InChI is InChI=1S/C9H8O.Ni.Zn/c1-2-6-9-8(4-1)5-3-7-10-9;;/h1-6H,7H2;;. The molecule has 3 heteroatoms. The van der Waals surface area contributed by atoms with E-state index >= 15 is 0 Å². The second-order valence-corrected chi connectivity index (χ2v) is 2.25. The third-order valence-corrected chi connectivity index (χ3v) is 1.55. The fraction of sp³-hybridized carbons (Fsp3) is 0.111. The van der Waals surface area contributed by atoms with E-state index in [0.29, 0.717) is 6.61 Å². The molecule has 0 saturated carbocycles. The minimum absolute atomic E-state index is 0. The van der Waals surface area contributed by atoms with Gasteiger partial charge in [0.1, 0.15) is 12.4 Å². The Morgan fingerprint density at radius 1 is 1.17 bits per heavy atom. The van der Waals surface area contributed by atoms with Crippen LogP contribution in [0.15, 0.2) is 30.3 Å². The molecule has 0 bridgehead atoms. The van der Waals surface area contributed by atoms with Gasteiger partial charge in [0.15, 0.2) is 0 Å². The van der Waals surface area contributed by atoms with Gasteiger partial charge in [-0.2, -0.15) is 0 Å². The van der Waals surface area contributed by atoms with Crippen LogP contribution in [-0.2, 0) is 36.0 Å². The summed E-state index contributed by atoms with van der Waals surface area (Å²) in [5.74, 6) is 0.991. The number of hydrogen-bond acceptors (Lipinski definition) is 1. The van der Waals surface area contributed by atoms with Crippen LogP contribution in [0.2, 0.25) is 0 Å². The summed E-state index contributed by atoms with van der Waals surface area (Å²) >= 11 is 0. The second kappa shape index (κ2) is 5.51. The fourth-order valence-corrected chi connectivity index (χ4v) is 1.06. The molecule has 0 atom stereocenters. The van der Waals surface area contributed by atoms with Gasteiger partial charge in [0, 0.05) is 41.5 Å². The molecule has 1 nitrogen and oxygen atoms in total. The van der Waals surface area contributed by atoms with E-state index in [-0.39, 0.29) is 36.0 Å². The Labute approximate surface area is 94.9 Å². The first-order valence-corrected chi connectivity index (χ1v) is 3.35. The summed E-state index contributed by atoms with van der Waals surface area (Å²) < 4.78 is 5.34. The van der Waals surface area contributed by atoms with E-state index in [4.69, 9.17) is 4.74 Å². The normalized spacial score (nSPS) is 11.7. The topological polar surface area (TPSA) is 9.23 Å². The Kier molecular flexibility index (Phi) is 5.45. The number of hydrogen-bond donors (Lipinski definition) is 0. The van der Waals surface area contributed by atoms with Crippen molar-refractivity contribution >= 4 is 6.08 Å². The van der Waals surface area contributed by atoms with E-state index < -0.39 is 0 Å². The summed E-state index contributed by atoms with van der Waals surface area (Å²) in [5, 5.41) is 0. The number of fused-ring (bicyclic) bond motifs is 1. The maximum Gasteiger partial charge on any atom is 0.126 e. The van der Waals surface area contributed by atoms with Crippen LogP contribution in [0.4, 0.5) is 0 Å². The van der Waals surface area contributed by atoms with Crippen LogP contribution in [0.3, 0.4) is 0 Å². The Morgan fingerprint density at radius 2 is 1.92 bits per heavy atom. The van der Waals surface area contributed by atoms with Crippen molar-refractivity contribution in [1.82, 2.24) is 0 Å². The van der Waals surface area contributed by atoms with Gasteiger partial charge < -0.3 is 4.74 Å². The Bertz CT molecular complexity index is 273. The van der Waals surface area contributed by atoms with Crippen LogP contribution in [0.5, 0.6) is 5.75 Å². The maximum atomic E-state index is 5.34. The van der Waals surface area contributed by atoms with E-state index in [9.17, 15) is 0 Å². The number of ether oxygens (including phenoxy) is 1. The predicted molar refractivity (Wildman–Crippen MR) is 41.0 cm³/mol. The Hall–Kier alpha value is -0.123. The summed E-state index contributed by atoms with van der Waals surface area (Å²) in [7, 11) is 0. The van der Waals surface area contributed by atoms with Crippen molar-refractivity contribution < 1.29 is 40.7 Å². The van der Waals surface area contributed by atoms with Gasteiger partial charge in [-0.1, -0.05) is 24.3 Å². The molecule has 0 radical (unpaired) electrons. The van der Waals surface area contributed by atoms with Gasteiger partial charge in [0.25, 0.3) is 0 Å². The number of para-hydroxylation sites is 1. The molecule has 1 aliphatic heterocycles. The van der Waals surface area contributed by atoms with Crippen LogP contribution in [0.25, 0.3) is 6.08 Å². The zero-order valence-electron chi connectivity index (χ0n) is 6.60. The summed E-state index contributed by atoms with van der Waals surface area (Å²) in [4.78, 5) is 0. The van der Waals surface area contributed by atoms with Crippen molar-refractivity contribution in [3.8, 4) is 5.75 Å². The van der Waals surface area contributed by atoms with E-state index in [0.717, 1.165) is 5.75 Å². The molecule has 1 aliphatic rings. The zero-order valence-corrected chi connectivity index (χ0v) is 10.6. The van der Waals surface area contributed by atoms with E-state index in [1.54, 1.807) is 0 Å². The van der Waals surface area contributed by atoms with Gasteiger partial charge in [-0.3, -0.25) is 0 Å². The first-order chi connectivity index (χ1) is 4.97. The van der Waals surface area contributed by atoms with E-state index in [1.165, 1.54) is 5.56 Å². The first-order valence-electron chi connectivity index (χ1n) is 3.35. The summed E-state index contributed by atoms with van der Waals surface area (Å²) in [5.41, 5.74) is 1.17. The third-order valence-electron chi connectivity index (χ3n) is 1.55. The first kappa shape index (κ1) is 11.9. The quantitative estimate of drug-likeness (QED) is 0.646. The smallest absolute Gasteiger partial charge is 0.126 e. The molecule has 2 rings (SSSR count). The SMILES string of the molecule is C1=Cc2ccccc2OC1.[Ni].[Zn]. The van der Waals surface area contributed by atoms with Gasteiger partial charge in [-0.05, 0) is 12.1 Å². The molecule has 0 saturated heterocycles. The van der Waals surface area contributed by atoms with Crippen LogP contribution in [0, 0.1) is 0 Å². The molecule has 0 spiro atoms. The van der Waals surface area contributed by atoms with Crippen molar-refractivity contribution in [3.05, 3.63) is 35.9 Å². The minimum atomic E-state index is 0. The van der Waals surface area contributed by atoms with Crippen molar-refractivity contribution in [2.45, 2.75) is 0 Å². The molecule has 1 aromatic rings. The van der Waals surface area contributed by atoms with E-state index in [2.05, 4.69) is 6.08 Å². The van der Waals surface area contributed by atoms with Crippen LogP contribution >= 0.6 is 0 Å². The van der Waals surface area contributed by atoms with Gasteiger partial charge in [0.05, 0.1) is 0 Å². The molecule has 0 aromatic heterocycles. The van der Waals surface area contributed by atoms with Gasteiger partial charge in [-0.15, -0.1) is 0 Å². The summed E-state index contributed by atoms with van der Waals surface area (Å²) in [6.45, 7) is 0.705. The van der Waals surface area contributed by atoms with Gasteiger partial charge in [-0.25, -0.2) is 0 Å². The minimum Gasteiger partial charge on any atom is -0.489 e. The molecule has 62 valence electrons. The van der Waals surface area contributed by atoms with Crippen molar-refractivity contribution in [1.29, 1.82) is 0 Å². The average Bonchev–Trinajstić information content (AvgIpc) is 2.05. The van der Waals surface area contributed by atoms with Gasteiger partial charge in [0.2, 0.25) is 0 Å². The molecule has 12 heavy (non-hydrogen) atoms. The Balaban J connectivity index is 0.000000605. The van der Waals surface area contributed by atoms with Crippen molar-refractivity contribution in [2.24, 2.45) is 0 Å². The Morgan fingerprint density at radius 3 is 2.67 bits per heavy atom. The molecule has 0 fully saturated rings. The molecule has 1 aromatic carbocycles. The van der Waals surface area contributed by atoms with Crippen LogP contribution in [-0.4, -0.2) is 6.61 Å². The molecular formula is C9H8NiOZn. The molecule has 0 aliphatic carbocycles. The molecule has 0 unspecified atom stereocenters. The number of rotatable bonds is 0. The van der Waals surface area contributed by atoms with Crippen LogP contribution in [0.1, 0.15) is 5.56 Å². The van der Waals surface area contributed by atoms with Crippen molar-refractivity contribution in [3.63, 3.8) is 0 Å². The zero-order chi connectivity index (χ0) is 6.81. The molecular weight excluding hydrogens is 248 g/mol. The fourth-order valence-electron chi connectivity index (χ4n) is 1.06. The average molecular weight is 256 g/mol. The number of benzene rings is 1.